The van der Waals surface area contributed by atoms with Crippen LogP contribution in [0.5, 0.6) is 0 Å². The number of rotatable bonds is 4. The van der Waals surface area contributed by atoms with Gasteiger partial charge in [-0.15, -0.1) is 0 Å². The van der Waals surface area contributed by atoms with Crippen molar-refractivity contribution in [1.82, 2.24) is 24.2 Å². The molecule has 1 atom stereocenters. The summed E-state index contributed by atoms with van der Waals surface area (Å²) in [6, 6.07) is 13.3. The molecule has 2 aliphatic heterocycles. The van der Waals surface area contributed by atoms with Crippen molar-refractivity contribution in [2.24, 2.45) is 0 Å². The minimum atomic E-state index is -0.350. The minimum absolute atomic E-state index is 0.0289. The summed E-state index contributed by atoms with van der Waals surface area (Å²) in [5, 5.41) is 5.96. The van der Waals surface area contributed by atoms with E-state index < -0.39 is 0 Å². The molecule has 0 saturated carbocycles. The Balaban J connectivity index is 1.19. The van der Waals surface area contributed by atoms with Gasteiger partial charge in [0.05, 0.1) is 28.6 Å². The molecule has 4 aromatic rings. The van der Waals surface area contributed by atoms with Crippen LogP contribution in [-0.4, -0.2) is 62.1 Å². The number of para-hydroxylation sites is 1. The SMILES string of the molecule is O=C(CC1CSc2nc3c(cnn3-c3ccc(F)cc3)c(=O)n21)N1CCN(c2ccccc2Cl)CC1. The van der Waals surface area contributed by atoms with Crippen molar-refractivity contribution in [2.75, 3.05) is 36.8 Å². The molecule has 1 amide bonds. The lowest BCUT2D eigenvalue weighted by Gasteiger charge is -2.37. The average molecular weight is 525 g/mol. The maximum atomic E-state index is 13.4. The predicted molar refractivity (Wildman–Crippen MR) is 138 cm³/mol. The van der Waals surface area contributed by atoms with Crippen molar-refractivity contribution < 1.29 is 9.18 Å². The summed E-state index contributed by atoms with van der Waals surface area (Å²) in [4.78, 5) is 35.3. The zero-order valence-electron chi connectivity index (χ0n) is 19.2. The second-order valence-corrected chi connectivity index (χ2v) is 10.2. The smallest absolute Gasteiger partial charge is 0.265 e. The molecule has 11 heteroatoms. The van der Waals surface area contributed by atoms with Gasteiger partial charge in [-0.3, -0.25) is 14.2 Å². The number of piperazine rings is 1. The van der Waals surface area contributed by atoms with Crippen LogP contribution < -0.4 is 10.5 Å². The van der Waals surface area contributed by atoms with Crippen molar-refractivity contribution in [3.63, 3.8) is 0 Å². The lowest BCUT2D eigenvalue weighted by molar-refractivity contribution is -0.132. The molecule has 4 heterocycles. The predicted octanol–water partition coefficient (Wildman–Crippen LogP) is 3.76. The van der Waals surface area contributed by atoms with Crippen molar-refractivity contribution in [3.05, 3.63) is 75.9 Å². The maximum Gasteiger partial charge on any atom is 0.265 e. The Hall–Kier alpha value is -3.37. The van der Waals surface area contributed by atoms with Crippen molar-refractivity contribution in [1.29, 1.82) is 0 Å². The van der Waals surface area contributed by atoms with Gasteiger partial charge in [0.15, 0.2) is 10.8 Å². The van der Waals surface area contributed by atoms with Gasteiger partial charge in [-0.2, -0.15) is 5.10 Å². The van der Waals surface area contributed by atoms with Gasteiger partial charge in [0.2, 0.25) is 5.91 Å². The molecule has 0 radical (unpaired) electrons. The number of thioether (sulfide) groups is 1. The van der Waals surface area contributed by atoms with E-state index in [9.17, 15) is 14.0 Å². The Morgan fingerprint density at radius 1 is 1.08 bits per heavy atom. The van der Waals surface area contributed by atoms with E-state index in [1.54, 1.807) is 16.7 Å². The Morgan fingerprint density at radius 3 is 2.58 bits per heavy atom. The molecule has 2 aromatic carbocycles. The zero-order chi connectivity index (χ0) is 24.8. The topological polar surface area (TPSA) is 76.3 Å². The molecular weight excluding hydrogens is 503 g/mol. The molecular formula is C25H22ClFN6O2S. The number of benzene rings is 2. The lowest BCUT2D eigenvalue weighted by atomic mass is 10.1. The largest absolute Gasteiger partial charge is 0.367 e. The van der Waals surface area contributed by atoms with E-state index in [-0.39, 0.29) is 29.7 Å². The average Bonchev–Trinajstić information content (AvgIpc) is 3.50. The Bertz CT molecular complexity index is 1510. The van der Waals surface area contributed by atoms with E-state index in [4.69, 9.17) is 11.6 Å². The lowest BCUT2D eigenvalue weighted by Crippen LogP contribution is -2.49. The molecule has 2 aromatic heterocycles. The maximum absolute atomic E-state index is 13.4. The fraction of sp³-hybridized carbons (Fsp3) is 0.280. The monoisotopic (exact) mass is 524 g/mol. The third kappa shape index (κ3) is 4.04. The molecule has 2 aliphatic rings. The second kappa shape index (κ2) is 9.25. The molecule has 8 nitrogen and oxygen atoms in total. The Labute approximate surface area is 215 Å². The zero-order valence-corrected chi connectivity index (χ0v) is 20.8. The highest BCUT2D eigenvalue weighted by Gasteiger charge is 2.32. The highest BCUT2D eigenvalue weighted by molar-refractivity contribution is 7.99. The van der Waals surface area contributed by atoms with Gasteiger partial charge in [-0.1, -0.05) is 35.5 Å². The van der Waals surface area contributed by atoms with Crippen LogP contribution in [0.3, 0.4) is 0 Å². The summed E-state index contributed by atoms with van der Waals surface area (Å²) in [5.41, 5.74) is 1.81. The summed E-state index contributed by atoms with van der Waals surface area (Å²) in [5.74, 6) is 0.281. The van der Waals surface area contributed by atoms with Gasteiger partial charge in [0.1, 0.15) is 11.2 Å². The molecule has 6 rings (SSSR count). The van der Waals surface area contributed by atoms with Crippen molar-refractivity contribution in [2.45, 2.75) is 17.6 Å². The number of hydrogen-bond acceptors (Lipinski definition) is 6. The summed E-state index contributed by atoms with van der Waals surface area (Å²) >= 11 is 7.79. The summed E-state index contributed by atoms with van der Waals surface area (Å²) in [6.07, 6.45) is 1.72. The van der Waals surface area contributed by atoms with Crippen molar-refractivity contribution in [3.8, 4) is 5.69 Å². The molecule has 0 N–H and O–H groups in total. The van der Waals surface area contributed by atoms with Gasteiger partial charge in [-0.05, 0) is 36.4 Å². The van der Waals surface area contributed by atoms with Gasteiger partial charge in [0.25, 0.3) is 5.56 Å². The quantitative estimate of drug-likeness (QED) is 0.378. The number of nitrogens with zero attached hydrogens (tertiary/aromatic N) is 6. The Kier molecular flexibility index (Phi) is 5.93. The molecule has 0 spiro atoms. The van der Waals surface area contributed by atoms with Crippen LogP contribution in [0.25, 0.3) is 16.7 Å². The van der Waals surface area contributed by atoms with Crippen LogP contribution in [0.1, 0.15) is 12.5 Å². The summed E-state index contributed by atoms with van der Waals surface area (Å²) in [6.45, 7) is 2.62. The number of carbonyl (C=O) groups is 1. The molecule has 1 unspecified atom stereocenters. The van der Waals surface area contributed by atoms with E-state index in [1.165, 1.54) is 34.8 Å². The molecule has 1 fully saturated rings. The molecule has 184 valence electrons. The van der Waals surface area contributed by atoms with Gasteiger partial charge < -0.3 is 9.80 Å². The van der Waals surface area contributed by atoms with Gasteiger partial charge in [-0.25, -0.2) is 14.1 Å². The van der Waals surface area contributed by atoms with Crippen LogP contribution in [0.15, 0.2) is 64.7 Å². The van der Waals surface area contributed by atoms with Crippen LogP contribution in [0, 0.1) is 5.82 Å². The third-order valence-electron chi connectivity index (χ3n) is 6.68. The first kappa shape index (κ1) is 23.1. The van der Waals surface area contributed by atoms with E-state index in [1.807, 2.05) is 29.2 Å². The number of hydrogen-bond donors (Lipinski definition) is 0. The van der Waals surface area contributed by atoms with E-state index in [0.29, 0.717) is 58.8 Å². The first-order valence-corrected chi connectivity index (χ1v) is 13.0. The number of fused-ring (bicyclic) bond motifs is 2. The minimum Gasteiger partial charge on any atom is -0.367 e. The fourth-order valence-electron chi connectivity index (χ4n) is 4.79. The van der Waals surface area contributed by atoms with Crippen molar-refractivity contribution >= 4 is 46.0 Å². The standard InChI is InChI=1S/C25H22ClFN6O2S/c26-20-3-1-2-4-21(20)30-9-11-31(12-10-30)22(34)13-18-15-36-25-29-23-19(24(35)32(18)25)14-28-33(23)17-7-5-16(27)6-8-17/h1-8,14,18H,9-13,15H2. The number of halogens is 2. The normalized spacial score (nSPS) is 17.6. The van der Waals surface area contributed by atoms with Crippen LogP contribution in [0.2, 0.25) is 5.02 Å². The second-order valence-electron chi connectivity index (χ2n) is 8.83. The fourth-order valence-corrected chi connectivity index (χ4v) is 6.17. The van der Waals surface area contributed by atoms with E-state index in [2.05, 4.69) is 15.0 Å². The first-order valence-electron chi connectivity index (χ1n) is 11.7. The number of amides is 1. The highest BCUT2D eigenvalue weighted by Crippen LogP contribution is 2.34. The van der Waals surface area contributed by atoms with Gasteiger partial charge >= 0.3 is 0 Å². The summed E-state index contributed by atoms with van der Waals surface area (Å²) < 4.78 is 16.5. The van der Waals surface area contributed by atoms with Crippen LogP contribution >= 0.6 is 23.4 Å². The number of aromatic nitrogens is 4. The van der Waals surface area contributed by atoms with Crippen LogP contribution in [0.4, 0.5) is 10.1 Å². The van der Waals surface area contributed by atoms with E-state index in [0.717, 1.165) is 5.69 Å². The summed E-state index contributed by atoms with van der Waals surface area (Å²) in [7, 11) is 0. The third-order valence-corrected chi connectivity index (χ3v) is 8.09. The molecule has 36 heavy (non-hydrogen) atoms. The number of carbonyl (C=O) groups excluding carboxylic acids is 1. The Morgan fingerprint density at radius 2 is 1.83 bits per heavy atom. The van der Waals surface area contributed by atoms with Crippen LogP contribution in [-0.2, 0) is 4.79 Å². The van der Waals surface area contributed by atoms with Gasteiger partial charge in [0, 0.05) is 38.4 Å². The van der Waals surface area contributed by atoms with E-state index >= 15 is 0 Å². The highest BCUT2D eigenvalue weighted by atomic mass is 35.5. The molecule has 0 aliphatic carbocycles. The number of anilines is 1. The first-order chi connectivity index (χ1) is 17.5. The molecule has 0 bridgehead atoms. The molecule has 1 saturated heterocycles.